The number of halogens is 3. The molecule has 25 heavy (non-hydrogen) atoms. The van der Waals surface area contributed by atoms with Crippen molar-refractivity contribution in [3.63, 3.8) is 0 Å². The monoisotopic (exact) mass is 407 g/mol. The number of hydrogen-bond donors (Lipinski definition) is 1. The van der Waals surface area contributed by atoms with Crippen molar-refractivity contribution in [3.05, 3.63) is 34.9 Å². The summed E-state index contributed by atoms with van der Waals surface area (Å²) < 4.78 is 0. The van der Waals surface area contributed by atoms with E-state index in [2.05, 4.69) is 24.0 Å². The number of benzene rings is 1. The van der Waals surface area contributed by atoms with Crippen LogP contribution in [0, 0.1) is 0 Å². The molecule has 0 radical (unpaired) electrons. The molecule has 2 fully saturated rings. The molecule has 7 heteroatoms. The average Bonchev–Trinajstić information content (AvgIpc) is 3.02. The molecule has 2 aliphatic rings. The number of nitrogens with zero attached hydrogens (tertiary/aromatic N) is 2. The van der Waals surface area contributed by atoms with Gasteiger partial charge in [0.25, 0.3) is 0 Å². The van der Waals surface area contributed by atoms with Crippen LogP contribution in [-0.2, 0) is 4.79 Å². The minimum absolute atomic E-state index is 0. The van der Waals surface area contributed by atoms with Crippen LogP contribution in [0.4, 0.5) is 0 Å². The highest BCUT2D eigenvalue weighted by Crippen LogP contribution is 2.30. The average molecular weight is 409 g/mol. The standard InChI is InChI=1S/C18H26ClN3O.2ClH/c1-14(15-4-6-16(19)7-5-15)21-10-12-22(13-11-21)17(23)18(20)8-2-3-9-18;;/h4-7,14H,2-3,8-13,20H2,1H3;2*1H. The molecule has 1 aromatic carbocycles. The SMILES string of the molecule is CC(c1ccc(Cl)cc1)N1CCN(C(=O)C2(N)CCCC2)CC1.Cl.Cl. The predicted octanol–water partition coefficient (Wildman–Crippen LogP) is 3.66. The van der Waals surface area contributed by atoms with E-state index in [0.29, 0.717) is 6.04 Å². The number of carbonyl (C=O) groups is 1. The number of hydrogen-bond acceptors (Lipinski definition) is 3. The molecule has 142 valence electrons. The molecule has 1 saturated carbocycles. The summed E-state index contributed by atoms with van der Waals surface area (Å²) in [5.41, 5.74) is 6.99. The molecule has 1 aliphatic heterocycles. The van der Waals surface area contributed by atoms with E-state index in [0.717, 1.165) is 56.9 Å². The zero-order valence-electron chi connectivity index (χ0n) is 14.6. The molecule has 1 unspecified atom stereocenters. The molecule has 1 aliphatic carbocycles. The Balaban J connectivity index is 0.00000156. The van der Waals surface area contributed by atoms with Crippen molar-refractivity contribution in [2.45, 2.75) is 44.2 Å². The van der Waals surface area contributed by atoms with E-state index >= 15 is 0 Å². The predicted molar refractivity (Wildman–Crippen MR) is 108 cm³/mol. The maximum absolute atomic E-state index is 12.7. The smallest absolute Gasteiger partial charge is 0.242 e. The van der Waals surface area contributed by atoms with E-state index in [9.17, 15) is 4.79 Å². The number of nitrogens with two attached hydrogens (primary N) is 1. The third-order valence-electron chi connectivity index (χ3n) is 5.42. The van der Waals surface area contributed by atoms with Gasteiger partial charge in [0, 0.05) is 37.2 Å². The molecule has 2 N–H and O–H groups in total. The molecule has 0 aromatic heterocycles. The van der Waals surface area contributed by atoms with Crippen molar-refractivity contribution in [1.82, 2.24) is 9.80 Å². The lowest BCUT2D eigenvalue weighted by Crippen LogP contribution is -2.58. The summed E-state index contributed by atoms with van der Waals surface area (Å²) in [5.74, 6) is 0.161. The lowest BCUT2D eigenvalue weighted by atomic mass is 9.96. The quantitative estimate of drug-likeness (QED) is 0.830. The van der Waals surface area contributed by atoms with E-state index in [1.807, 2.05) is 17.0 Å². The topological polar surface area (TPSA) is 49.6 Å². The molecule has 1 amide bonds. The van der Waals surface area contributed by atoms with Crippen molar-refractivity contribution < 1.29 is 4.79 Å². The van der Waals surface area contributed by atoms with Crippen molar-refractivity contribution in [1.29, 1.82) is 0 Å². The van der Waals surface area contributed by atoms with Gasteiger partial charge < -0.3 is 10.6 Å². The number of carbonyl (C=O) groups excluding carboxylic acids is 1. The van der Waals surface area contributed by atoms with E-state index in [1.54, 1.807) is 0 Å². The first-order chi connectivity index (χ1) is 11.0. The maximum Gasteiger partial charge on any atom is 0.242 e. The first-order valence-electron chi connectivity index (χ1n) is 8.57. The fraction of sp³-hybridized carbons (Fsp3) is 0.611. The van der Waals surface area contributed by atoms with E-state index < -0.39 is 5.54 Å². The number of rotatable bonds is 3. The van der Waals surface area contributed by atoms with Gasteiger partial charge in [-0.05, 0) is 37.5 Å². The van der Waals surface area contributed by atoms with Gasteiger partial charge in [0.05, 0.1) is 5.54 Å². The summed E-state index contributed by atoms with van der Waals surface area (Å²) >= 11 is 5.96. The Morgan fingerprint density at radius 2 is 1.60 bits per heavy atom. The highest BCUT2D eigenvalue weighted by molar-refractivity contribution is 6.30. The van der Waals surface area contributed by atoms with E-state index in [4.69, 9.17) is 17.3 Å². The van der Waals surface area contributed by atoms with Gasteiger partial charge in [-0.2, -0.15) is 0 Å². The van der Waals surface area contributed by atoms with Gasteiger partial charge >= 0.3 is 0 Å². The zero-order valence-corrected chi connectivity index (χ0v) is 17.0. The van der Waals surface area contributed by atoms with Crippen LogP contribution >= 0.6 is 36.4 Å². The van der Waals surface area contributed by atoms with Gasteiger partial charge in [-0.25, -0.2) is 0 Å². The summed E-state index contributed by atoms with van der Waals surface area (Å²) in [7, 11) is 0. The van der Waals surface area contributed by atoms with Crippen molar-refractivity contribution in [2.24, 2.45) is 5.73 Å². The van der Waals surface area contributed by atoms with Crippen LogP contribution in [-0.4, -0.2) is 47.4 Å². The van der Waals surface area contributed by atoms with E-state index in [-0.39, 0.29) is 30.7 Å². The zero-order chi connectivity index (χ0) is 16.4. The summed E-state index contributed by atoms with van der Waals surface area (Å²) in [5, 5.41) is 0.765. The van der Waals surface area contributed by atoms with Crippen LogP contribution < -0.4 is 5.73 Å². The summed E-state index contributed by atoms with van der Waals surface area (Å²) in [6, 6.07) is 8.37. The molecule has 1 heterocycles. The van der Waals surface area contributed by atoms with Crippen LogP contribution in [0.25, 0.3) is 0 Å². The summed E-state index contributed by atoms with van der Waals surface area (Å²) in [6.07, 6.45) is 3.84. The highest BCUT2D eigenvalue weighted by Gasteiger charge is 2.40. The minimum atomic E-state index is -0.593. The van der Waals surface area contributed by atoms with Crippen molar-refractivity contribution >= 4 is 42.3 Å². The molecular weight excluding hydrogens is 381 g/mol. The van der Waals surface area contributed by atoms with Gasteiger partial charge in [-0.1, -0.05) is 36.6 Å². The van der Waals surface area contributed by atoms with Crippen LogP contribution in [0.3, 0.4) is 0 Å². The normalized spacial score (nSPS) is 21.2. The van der Waals surface area contributed by atoms with Crippen LogP contribution in [0.5, 0.6) is 0 Å². The fourth-order valence-electron chi connectivity index (χ4n) is 3.80. The molecule has 0 spiro atoms. The Morgan fingerprint density at radius 1 is 1.08 bits per heavy atom. The van der Waals surface area contributed by atoms with Crippen LogP contribution in [0.2, 0.25) is 5.02 Å². The first-order valence-corrected chi connectivity index (χ1v) is 8.95. The van der Waals surface area contributed by atoms with Crippen LogP contribution in [0.1, 0.15) is 44.2 Å². The lowest BCUT2D eigenvalue weighted by Gasteiger charge is -2.40. The molecule has 1 aromatic rings. The third-order valence-corrected chi connectivity index (χ3v) is 5.68. The van der Waals surface area contributed by atoms with Crippen molar-refractivity contribution in [2.75, 3.05) is 26.2 Å². The lowest BCUT2D eigenvalue weighted by molar-refractivity contribution is -0.138. The molecule has 4 nitrogen and oxygen atoms in total. The molecule has 1 atom stereocenters. The molecule has 0 bridgehead atoms. The van der Waals surface area contributed by atoms with E-state index in [1.165, 1.54) is 5.56 Å². The second-order valence-corrected chi connectivity index (χ2v) is 7.36. The Morgan fingerprint density at radius 3 is 2.12 bits per heavy atom. The Bertz CT molecular complexity index is 553. The van der Waals surface area contributed by atoms with Gasteiger partial charge in [0.15, 0.2) is 0 Å². The van der Waals surface area contributed by atoms with Gasteiger partial charge in [-0.3, -0.25) is 9.69 Å². The largest absolute Gasteiger partial charge is 0.339 e. The van der Waals surface area contributed by atoms with Crippen molar-refractivity contribution in [3.8, 4) is 0 Å². The molecular formula is C18H28Cl3N3O. The first kappa shape index (κ1) is 22.5. The summed E-state index contributed by atoms with van der Waals surface area (Å²) in [4.78, 5) is 17.1. The molecule has 1 saturated heterocycles. The number of piperazine rings is 1. The third kappa shape index (κ3) is 5.01. The van der Waals surface area contributed by atoms with Gasteiger partial charge in [-0.15, -0.1) is 24.8 Å². The second kappa shape index (κ2) is 9.43. The Hall–Kier alpha value is -0.520. The maximum atomic E-state index is 12.7. The second-order valence-electron chi connectivity index (χ2n) is 6.92. The van der Waals surface area contributed by atoms with Gasteiger partial charge in [0.2, 0.25) is 5.91 Å². The fourth-order valence-corrected chi connectivity index (χ4v) is 3.93. The minimum Gasteiger partial charge on any atom is -0.339 e. The Kier molecular flexibility index (Phi) is 8.49. The number of amides is 1. The van der Waals surface area contributed by atoms with Crippen LogP contribution in [0.15, 0.2) is 24.3 Å². The summed E-state index contributed by atoms with van der Waals surface area (Å²) in [6.45, 7) is 5.55. The molecule has 3 rings (SSSR count). The highest BCUT2D eigenvalue weighted by atomic mass is 35.5. The van der Waals surface area contributed by atoms with Gasteiger partial charge in [0.1, 0.15) is 0 Å². The Labute approximate surface area is 167 Å².